The van der Waals surface area contributed by atoms with Gasteiger partial charge in [-0.05, 0) is 12.1 Å². The summed E-state index contributed by atoms with van der Waals surface area (Å²) < 4.78 is 10.9. The number of hydrogen-bond acceptors (Lipinski definition) is 3. The van der Waals surface area contributed by atoms with Gasteiger partial charge in [-0.2, -0.15) is 0 Å². The van der Waals surface area contributed by atoms with E-state index in [4.69, 9.17) is 9.47 Å². The van der Waals surface area contributed by atoms with Crippen molar-refractivity contribution in [2.75, 3.05) is 32.2 Å². The van der Waals surface area contributed by atoms with Crippen LogP contribution in [0.3, 0.4) is 0 Å². The van der Waals surface area contributed by atoms with Crippen LogP contribution in [-0.4, -0.2) is 33.1 Å². The summed E-state index contributed by atoms with van der Waals surface area (Å²) in [6.07, 6.45) is 0.912. The lowest BCUT2D eigenvalue weighted by Gasteiger charge is -2.26. The SMILES string of the molecule is COC1(OC)CCN(c2ccccc2)C1. The van der Waals surface area contributed by atoms with Crippen LogP contribution in [0, 0.1) is 0 Å². The van der Waals surface area contributed by atoms with Crippen molar-refractivity contribution in [3.63, 3.8) is 0 Å². The Morgan fingerprint density at radius 1 is 1.13 bits per heavy atom. The van der Waals surface area contributed by atoms with Gasteiger partial charge in [-0.25, -0.2) is 0 Å². The number of benzene rings is 1. The van der Waals surface area contributed by atoms with Gasteiger partial charge in [0, 0.05) is 32.9 Å². The van der Waals surface area contributed by atoms with E-state index in [2.05, 4.69) is 29.2 Å². The van der Waals surface area contributed by atoms with Crippen molar-refractivity contribution in [1.82, 2.24) is 0 Å². The second kappa shape index (κ2) is 4.21. The molecule has 1 aliphatic heterocycles. The highest BCUT2D eigenvalue weighted by Gasteiger charge is 2.38. The summed E-state index contributed by atoms with van der Waals surface area (Å²) in [5.74, 6) is -0.421. The zero-order chi connectivity index (χ0) is 10.7. The molecular weight excluding hydrogens is 190 g/mol. The molecule has 0 unspecified atom stereocenters. The fourth-order valence-electron chi connectivity index (χ4n) is 2.03. The summed E-state index contributed by atoms with van der Waals surface area (Å²) in [6.45, 7) is 1.77. The van der Waals surface area contributed by atoms with Crippen LogP contribution in [0.25, 0.3) is 0 Å². The van der Waals surface area contributed by atoms with E-state index in [1.807, 2.05) is 6.07 Å². The van der Waals surface area contributed by atoms with E-state index < -0.39 is 5.79 Å². The molecule has 1 aliphatic rings. The van der Waals surface area contributed by atoms with Gasteiger partial charge in [0.1, 0.15) is 0 Å². The normalized spacial score (nSPS) is 19.5. The minimum atomic E-state index is -0.421. The van der Waals surface area contributed by atoms with E-state index in [1.54, 1.807) is 14.2 Å². The van der Waals surface area contributed by atoms with Gasteiger partial charge in [0.05, 0.1) is 6.54 Å². The Morgan fingerprint density at radius 3 is 2.33 bits per heavy atom. The molecule has 82 valence electrons. The molecule has 1 saturated heterocycles. The van der Waals surface area contributed by atoms with Crippen LogP contribution in [0.15, 0.2) is 30.3 Å². The molecule has 1 aromatic rings. The minimum absolute atomic E-state index is 0.421. The van der Waals surface area contributed by atoms with E-state index in [1.165, 1.54) is 5.69 Å². The van der Waals surface area contributed by atoms with Crippen LogP contribution in [0.4, 0.5) is 5.69 Å². The largest absolute Gasteiger partial charge is 0.366 e. The van der Waals surface area contributed by atoms with E-state index in [-0.39, 0.29) is 0 Å². The third-order valence-corrected chi connectivity index (χ3v) is 3.06. The van der Waals surface area contributed by atoms with Crippen LogP contribution >= 0.6 is 0 Å². The molecule has 0 atom stereocenters. The molecule has 0 saturated carbocycles. The molecule has 2 rings (SSSR count). The standard InChI is InChI=1S/C12H17NO2/c1-14-12(15-2)8-9-13(10-12)11-6-4-3-5-7-11/h3-7H,8-10H2,1-2H3. The molecular formula is C12H17NO2. The van der Waals surface area contributed by atoms with Crippen molar-refractivity contribution in [3.05, 3.63) is 30.3 Å². The first-order chi connectivity index (χ1) is 7.29. The summed E-state index contributed by atoms with van der Waals surface area (Å²) in [4.78, 5) is 2.28. The second-order valence-electron chi connectivity index (χ2n) is 3.83. The number of hydrogen-bond donors (Lipinski definition) is 0. The average molecular weight is 207 g/mol. The molecule has 0 spiro atoms. The van der Waals surface area contributed by atoms with Crippen LogP contribution < -0.4 is 4.90 Å². The van der Waals surface area contributed by atoms with Crippen molar-refractivity contribution in [1.29, 1.82) is 0 Å². The van der Waals surface area contributed by atoms with E-state index in [0.717, 1.165) is 19.5 Å². The lowest BCUT2D eigenvalue weighted by atomic mass is 10.2. The number of anilines is 1. The highest BCUT2D eigenvalue weighted by molar-refractivity contribution is 5.47. The first kappa shape index (κ1) is 10.5. The summed E-state index contributed by atoms with van der Waals surface area (Å²) in [5.41, 5.74) is 1.23. The van der Waals surface area contributed by atoms with E-state index in [0.29, 0.717) is 0 Å². The lowest BCUT2D eigenvalue weighted by Crippen LogP contribution is -2.37. The average Bonchev–Trinajstić information content (AvgIpc) is 2.75. The quantitative estimate of drug-likeness (QED) is 0.706. The Morgan fingerprint density at radius 2 is 1.80 bits per heavy atom. The Bertz CT molecular complexity index is 309. The fourth-order valence-corrected chi connectivity index (χ4v) is 2.03. The predicted molar refractivity (Wildman–Crippen MR) is 60.0 cm³/mol. The third kappa shape index (κ3) is 1.98. The maximum absolute atomic E-state index is 5.44. The van der Waals surface area contributed by atoms with Gasteiger partial charge in [-0.3, -0.25) is 0 Å². The Kier molecular flexibility index (Phi) is 2.93. The zero-order valence-corrected chi connectivity index (χ0v) is 9.27. The highest BCUT2D eigenvalue weighted by atomic mass is 16.7. The Balaban J connectivity index is 2.10. The smallest absolute Gasteiger partial charge is 0.186 e. The minimum Gasteiger partial charge on any atom is -0.366 e. The molecule has 0 bridgehead atoms. The molecule has 0 N–H and O–H groups in total. The van der Waals surface area contributed by atoms with Gasteiger partial charge < -0.3 is 14.4 Å². The molecule has 0 radical (unpaired) electrons. The molecule has 0 amide bonds. The first-order valence-electron chi connectivity index (χ1n) is 5.20. The molecule has 3 nitrogen and oxygen atoms in total. The lowest BCUT2D eigenvalue weighted by molar-refractivity contribution is -0.189. The molecule has 1 fully saturated rings. The fraction of sp³-hybridized carbons (Fsp3) is 0.500. The van der Waals surface area contributed by atoms with Gasteiger partial charge in [0.2, 0.25) is 0 Å². The summed E-state index contributed by atoms with van der Waals surface area (Å²) in [6, 6.07) is 10.4. The molecule has 1 aromatic carbocycles. The predicted octanol–water partition coefficient (Wildman–Crippen LogP) is 1.89. The number of methoxy groups -OCH3 is 2. The maximum atomic E-state index is 5.44. The topological polar surface area (TPSA) is 21.7 Å². The first-order valence-corrected chi connectivity index (χ1v) is 5.20. The molecule has 0 aromatic heterocycles. The van der Waals surface area contributed by atoms with Gasteiger partial charge in [-0.1, -0.05) is 18.2 Å². The van der Waals surface area contributed by atoms with Crippen molar-refractivity contribution >= 4 is 5.69 Å². The summed E-state index contributed by atoms with van der Waals surface area (Å²) in [7, 11) is 3.41. The summed E-state index contributed by atoms with van der Waals surface area (Å²) in [5, 5.41) is 0. The van der Waals surface area contributed by atoms with Gasteiger partial charge >= 0.3 is 0 Å². The Labute approximate surface area is 90.6 Å². The van der Waals surface area contributed by atoms with Gasteiger partial charge in [0.15, 0.2) is 5.79 Å². The monoisotopic (exact) mass is 207 g/mol. The van der Waals surface area contributed by atoms with Crippen molar-refractivity contribution in [3.8, 4) is 0 Å². The Hall–Kier alpha value is -1.06. The van der Waals surface area contributed by atoms with E-state index >= 15 is 0 Å². The molecule has 15 heavy (non-hydrogen) atoms. The van der Waals surface area contributed by atoms with Gasteiger partial charge in [-0.15, -0.1) is 0 Å². The second-order valence-corrected chi connectivity index (χ2v) is 3.83. The summed E-state index contributed by atoms with van der Waals surface area (Å²) >= 11 is 0. The van der Waals surface area contributed by atoms with Crippen molar-refractivity contribution in [2.24, 2.45) is 0 Å². The van der Waals surface area contributed by atoms with Crippen molar-refractivity contribution in [2.45, 2.75) is 12.2 Å². The number of rotatable bonds is 3. The van der Waals surface area contributed by atoms with Crippen LogP contribution in [0.1, 0.15) is 6.42 Å². The van der Waals surface area contributed by atoms with Gasteiger partial charge in [0.25, 0.3) is 0 Å². The molecule has 1 heterocycles. The number of nitrogens with zero attached hydrogens (tertiary/aromatic N) is 1. The number of ether oxygens (including phenoxy) is 2. The number of para-hydroxylation sites is 1. The van der Waals surface area contributed by atoms with Crippen LogP contribution in [0.2, 0.25) is 0 Å². The molecule has 3 heteroatoms. The van der Waals surface area contributed by atoms with Crippen molar-refractivity contribution < 1.29 is 9.47 Å². The zero-order valence-electron chi connectivity index (χ0n) is 9.27. The van der Waals surface area contributed by atoms with Crippen LogP contribution in [0.5, 0.6) is 0 Å². The van der Waals surface area contributed by atoms with E-state index in [9.17, 15) is 0 Å². The highest BCUT2D eigenvalue weighted by Crippen LogP contribution is 2.29. The third-order valence-electron chi connectivity index (χ3n) is 3.06. The van der Waals surface area contributed by atoms with Crippen LogP contribution in [-0.2, 0) is 9.47 Å². The maximum Gasteiger partial charge on any atom is 0.186 e. The molecule has 0 aliphatic carbocycles.